The molecule has 3 fully saturated rings. The first-order chi connectivity index (χ1) is 9.48. The molecule has 4 atom stereocenters. The fourth-order valence-corrected chi connectivity index (χ4v) is 3.89. The number of amides is 1. The van der Waals surface area contributed by atoms with Gasteiger partial charge in [0.1, 0.15) is 0 Å². The van der Waals surface area contributed by atoms with Gasteiger partial charge in [0.2, 0.25) is 5.91 Å². The number of ether oxygens (including phenoxy) is 1. The Morgan fingerprint density at radius 1 is 1.25 bits per heavy atom. The normalized spacial score (nSPS) is 42.8. The van der Waals surface area contributed by atoms with Crippen LogP contribution in [0.1, 0.15) is 46.0 Å². The first-order valence-electron chi connectivity index (χ1n) is 7.95. The predicted molar refractivity (Wildman–Crippen MR) is 77.3 cm³/mol. The van der Waals surface area contributed by atoms with E-state index in [9.17, 15) is 4.79 Å². The molecule has 114 valence electrons. The Kier molecular flexibility index (Phi) is 3.77. The van der Waals surface area contributed by atoms with Gasteiger partial charge in [-0.05, 0) is 46.0 Å². The lowest BCUT2D eigenvalue weighted by molar-refractivity contribution is -0.124. The zero-order chi connectivity index (χ0) is 14.3. The van der Waals surface area contributed by atoms with Crippen LogP contribution in [0.2, 0.25) is 0 Å². The molecular formula is C15H27N3O2. The highest BCUT2D eigenvalue weighted by atomic mass is 16.5. The van der Waals surface area contributed by atoms with Crippen molar-refractivity contribution in [2.45, 2.75) is 75.8 Å². The summed E-state index contributed by atoms with van der Waals surface area (Å²) < 4.78 is 5.80. The van der Waals surface area contributed by atoms with Gasteiger partial charge in [-0.15, -0.1) is 0 Å². The fourth-order valence-electron chi connectivity index (χ4n) is 3.89. The van der Waals surface area contributed by atoms with Gasteiger partial charge in [0.15, 0.2) is 0 Å². The van der Waals surface area contributed by atoms with Crippen LogP contribution in [0, 0.1) is 0 Å². The summed E-state index contributed by atoms with van der Waals surface area (Å²) in [5, 5.41) is 3.52. The first-order valence-corrected chi connectivity index (χ1v) is 7.95. The molecule has 1 amide bonds. The summed E-state index contributed by atoms with van der Waals surface area (Å²) in [6, 6.07) is 0.978. The highest BCUT2D eigenvalue weighted by Crippen LogP contribution is 2.37. The van der Waals surface area contributed by atoms with Gasteiger partial charge < -0.3 is 15.8 Å². The number of primary amides is 1. The Balaban J connectivity index is 1.66. The summed E-state index contributed by atoms with van der Waals surface area (Å²) in [7, 11) is 0. The summed E-state index contributed by atoms with van der Waals surface area (Å²) >= 11 is 0. The van der Waals surface area contributed by atoms with E-state index in [0.717, 1.165) is 32.4 Å². The largest absolute Gasteiger partial charge is 0.373 e. The molecule has 0 bridgehead atoms. The molecule has 3 aliphatic rings. The molecule has 0 spiro atoms. The first kappa shape index (κ1) is 14.3. The van der Waals surface area contributed by atoms with Gasteiger partial charge in [0.05, 0.1) is 17.7 Å². The zero-order valence-corrected chi connectivity index (χ0v) is 12.6. The molecule has 2 aliphatic carbocycles. The van der Waals surface area contributed by atoms with Crippen LogP contribution < -0.4 is 11.1 Å². The average molecular weight is 281 g/mol. The van der Waals surface area contributed by atoms with Gasteiger partial charge in [0.25, 0.3) is 0 Å². The monoisotopic (exact) mass is 281 g/mol. The predicted octanol–water partition coefficient (Wildman–Crippen LogP) is 0.624. The third kappa shape index (κ3) is 2.85. The lowest BCUT2D eigenvalue weighted by Crippen LogP contribution is -2.56. The molecule has 4 unspecified atom stereocenters. The number of morpholine rings is 1. The lowest BCUT2D eigenvalue weighted by atomic mass is 9.95. The van der Waals surface area contributed by atoms with Crippen LogP contribution in [0.25, 0.3) is 0 Å². The van der Waals surface area contributed by atoms with Crippen molar-refractivity contribution in [3.8, 4) is 0 Å². The van der Waals surface area contributed by atoms with Crippen molar-refractivity contribution >= 4 is 5.91 Å². The molecule has 2 saturated carbocycles. The molecule has 3 rings (SSSR count). The Morgan fingerprint density at radius 2 is 1.90 bits per heavy atom. The van der Waals surface area contributed by atoms with E-state index < -0.39 is 5.54 Å². The Morgan fingerprint density at radius 3 is 2.45 bits per heavy atom. The zero-order valence-electron chi connectivity index (χ0n) is 12.6. The summed E-state index contributed by atoms with van der Waals surface area (Å²) in [6.45, 7) is 6.18. The van der Waals surface area contributed by atoms with Crippen LogP contribution in [-0.4, -0.2) is 53.7 Å². The highest BCUT2D eigenvalue weighted by Gasteiger charge is 2.48. The number of carbonyl (C=O) groups excluding carboxylic acids is 1. The van der Waals surface area contributed by atoms with Crippen molar-refractivity contribution in [2.75, 3.05) is 13.1 Å². The number of nitrogens with zero attached hydrogens (tertiary/aromatic N) is 1. The quantitative estimate of drug-likeness (QED) is 0.793. The summed E-state index contributed by atoms with van der Waals surface area (Å²) in [6.07, 6.45) is 5.72. The number of carbonyl (C=O) groups is 1. The third-order valence-electron chi connectivity index (χ3n) is 4.98. The molecule has 1 saturated heterocycles. The van der Waals surface area contributed by atoms with Crippen molar-refractivity contribution in [3.05, 3.63) is 0 Å². The second-order valence-electron chi connectivity index (χ2n) is 6.97. The van der Waals surface area contributed by atoms with Gasteiger partial charge in [-0.2, -0.15) is 0 Å². The second-order valence-corrected chi connectivity index (χ2v) is 6.97. The third-order valence-corrected chi connectivity index (χ3v) is 4.98. The van der Waals surface area contributed by atoms with Crippen molar-refractivity contribution in [3.63, 3.8) is 0 Å². The summed E-state index contributed by atoms with van der Waals surface area (Å²) in [5.41, 5.74) is 5.25. The molecule has 20 heavy (non-hydrogen) atoms. The van der Waals surface area contributed by atoms with E-state index >= 15 is 0 Å². The van der Waals surface area contributed by atoms with E-state index in [1.807, 2.05) is 0 Å². The Labute approximate surface area is 121 Å². The van der Waals surface area contributed by atoms with Crippen LogP contribution in [0.15, 0.2) is 0 Å². The molecule has 5 heteroatoms. The minimum absolute atomic E-state index is 0.166. The topological polar surface area (TPSA) is 67.6 Å². The minimum atomic E-state index is -0.462. The summed E-state index contributed by atoms with van der Waals surface area (Å²) in [4.78, 5) is 14.5. The molecule has 0 radical (unpaired) electrons. The Bertz CT molecular complexity index is 375. The maximum absolute atomic E-state index is 12.0. The van der Waals surface area contributed by atoms with E-state index in [-0.39, 0.29) is 18.1 Å². The van der Waals surface area contributed by atoms with E-state index in [4.69, 9.17) is 10.5 Å². The van der Waals surface area contributed by atoms with Crippen LogP contribution in [0.3, 0.4) is 0 Å². The highest BCUT2D eigenvalue weighted by molar-refractivity contribution is 5.85. The van der Waals surface area contributed by atoms with Gasteiger partial charge in [-0.1, -0.05) is 0 Å². The average Bonchev–Trinajstić information content (AvgIpc) is 3.04. The van der Waals surface area contributed by atoms with E-state index in [1.54, 1.807) is 0 Å². The number of hydrogen-bond donors (Lipinski definition) is 2. The molecule has 0 aromatic heterocycles. The second kappa shape index (κ2) is 5.28. The van der Waals surface area contributed by atoms with Gasteiger partial charge in [-0.3, -0.25) is 9.69 Å². The molecular weight excluding hydrogens is 254 g/mol. The van der Waals surface area contributed by atoms with Crippen LogP contribution >= 0.6 is 0 Å². The minimum Gasteiger partial charge on any atom is -0.373 e. The molecule has 1 heterocycles. The van der Waals surface area contributed by atoms with Crippen molar-refractivity contribution in [2.24, 2.45) is 5.73 Å². The lowest BCUT2D eigenvalue weighted by Gasteiger charge is -2.39. The van der Waals surface area contributed by atoms with E-state index in [0.29, 0.717) is 12.1 Å². The Hall–Kier alpha value is -0.650. The number of hydrogen-bond acceptors (Lipinski definition) is 4. The van der Waals surface area contributed by atoms with Crippen molar-refractivity contribution < 1.29 is 9.53 Å². The van der Waals surface area contributed by atoms with Gasteiger partial charge in [-0.25, -0.2) is 0 Å². The maximum atomic E-state index is 12.0. The standard InChI is InChI=1S/C15H27N3O2/c1-10-8-18(9-11(2)20-10)13-5-6-15(7-13,14(16)19)17-12-3-4-12/h10-13,17H,3-9H2,1-2H3,(H2,16,19). The van der Waals surface area contributed by atoms with E-state index in [1.165, 1.54) is 12.8 Å². The summed E-state index contributed by atoms with van der Waals surface area (Å²) in [5.74, 6) is -0.166. The van der Waals surface area contributed by atoms with Gasteiger partial charge in [0, 0.05) is 25.2 Å². The maximum Gasteiger partial charge on any atom is 0.237 e. The van der Waals surface area contributed by atoms with Crippen LogP contribution in [-0.2, 0) is 9.53 Å². The molecule has 1 aliphatic heterocycles. The fraction of sp³-hybridized carbons (Fsp3) is 0.933. The molecule has 0 aromatic rings. The van der Waals surface area contributed by atoms with Crippen LogP contribution in [0.5, 0.6) is 0 Å². The van der Waals surface area contributed by atoms with E-state index in [2.05, 4.69) is 24.1 Å². The van der Waals surface area contributed by atoms with Crippen LogP contribution in [0.4, 0.5) is 0 Å². The SMILES string of the molecule is CC1CN(C2CCC(NC3CC3)(C(N)=O)C2)CC(C)O1. The van der Waals surface area contributed by atoms with Gasteiger partial charge >= 0.3 is 0 Å². The molecule has 0 aromatic carbocycles. The van der Waals surface area contributed by atoms with Crippen molar-refractivity contribution in [1.82, 2.24) is 10.2 Å². The van der Waals surface area contributed by atoms with Crippen molar-refractivity contribution in [1.29, 1.82) is 0 Å². The number of nitrogens with two attached hydrogens (primary N) is 1. The molecule has 3 N–H and O–H groups in total. The number of nitrogens with one attached hydrogen (secondary N) is 1. The number of rotatable bonds is 4. The smallest absolute Gasteiger partial charge is 0.237 e. The molecule has 5 nitrogen and oxygen atoms in total.